The van der Waals surface area contributed by atoms with Crippen LogP contribution in [0, 0.1) is 11.3 Å². The molecular weight excluding hydrogens is 422 g/mol. The fourth-order valence-electron chi connectivity index (χ4n) is 5.43. The van der Waals surface area contributed by atoms with E-state index in [9.17, 15) is 30.0 Å². The molecule has 0 saturated heterocycles. The Hall–Kier alpha value is -1.18. The summed E-state index contributed by atoms with van der Waals surface area (Å²) in [6, 6.07) is -1.31. The number of carbonyl (C=O) groups excluding carboxylic acids is 1. The first-order valence-corrected chi connectivity index (χ1v) is 12.9. The molecule has 3 N–H and O–H groups in total. The van der Waals surface area contributed by atoms with Gasteiger partial charge in [-0.05, 0) is 39.0 Å². The van der Waals surface area contributed by atoms with Crippen LogP contribution in [0.5, 0.6) is 0 Å². The van der Waals surface area contributed by atoms with Gasteiger partial charge in [-0.3, -0.25) is 4.79 Å². The summed E-state index contributed by atoms with van der Waals surface area (Å²) >= 11 is 0. The molecule has 33 heavy (non-hydrogen) atoms. The molecule has 0 heterocycles. The summed E-state index contributed by atoms with van der Waals surface area (Å²) in [5.74, 6) is -3.29. The van der Waals surface area contributed by atoms with Crippen LogP contribution in [0.2, 0.25) is 0 Å². The summed E-state index contributed by atoms with van der Waals surface area (Å²) < 4.78 is -0.109. The molecule has 0 aromatic rings. The zero-order valence-corrected chi connectivity index (χ0v) is 22.0. The van der Waals surface area contributed by atoms with Gasteiger partial charge in [-0.2, -0.15) is 0 Å². The number of hydrogen-bond acceptors (Lipinski definition) is 5. The van der Waals surface area contributed by atoms with Crippen LogP contribution >= 0.6 is 0 Å². The molecule has 0 saturated carbocycles. The summed E-state index contributed by atoms with van der Waals surface area (Å²) in [6.45, 7) is 5.35. The second-order valence-corrected chi connectivity index (χ2v) is 11.0. The number of aliphatic hydroxyl groups excluding tert-OH is 2. The predicted octanol–water partition coefficient (Wildman–Crippen LogP) is 3.35. The highest BCUT2D eigenvalue weighted by atomic mass is 16.4. The normalized spacial score (nSPS) is 17.7. The molecule has 0 bridgehead atoms. The second kappa shape index (κ2) is 15.7. The fraction of sp³-hybridized carbons (Fsp3) is 0.923. The van der Waals surface area contributed by atoms with Crippen molar-refractivity contribution >= 4 is 11.9 Å². The summed E-state index contributed by atoms with van der Waals surface area (Å²) in [5.41, 5.74) is -1.65. The Labute approximate surface area is 201 Å². The van der Waals surface area contributed by atoms with Crippen molar-refractivity contribution in [2.24, 2.45) is 11.3 Å². The number of aliphatic carboxylic acids is 2. The van der Waals surface area contributed by atoms with Gasteiger partial charge in [0.25, 0.3) is 0 Å². The zero-order valence-electron chi connectivity index (χ0n) is 22.0. The van der Waals surface area contributed by atoms with Gasteiger partial charge in [0.05, 0.1) is 33.4 Å². The molecule has 4 atom stereocenters. The minimum atomic E-state index is -1.65. The summed E-state index contributed by atoms with van der Waals surface area (Å²) in [6.07, 6.45) is 9.71. The van der Waals surface area contributed by atoms with Crippen molar-refractivity contribution in [3.63, 3.8) is 0 Å². The number of hydrogen-bond donors (Lipinski definition) is 3. The molecule has 0 aliphatic carbocycles. The summed E-state index contributed by atoms with van der Waals surface area (Å²) in [5, 5.41) is 43.0. The van der Waals surface area contributed by atoms with Gasteiger partial charge >= 0.3 is 5.97 Å². The highest BCUT2D eigenvalue weighted by Crippen LogP contribution is 2.45. The lowest BCUT2D eigenvalue weighted by Crippen LogP contribution is -2.67. The van der Waals surface area contributed by atoms with Gasteiger partial charge < -0.3 is 29.7 Å². The molecule has 0 aliphatic heterocycles. The van der Waals surface area contributed by atoms with Gasteiger partial charge in [0, 0.05) is 0 Å². The van der Waals surface area contributed by atoms with E-state index in [0.717, 1.165) is 19.3 Å². The first kappa shape index (κ1) is 31.8. The van der Waals surface area contributed by atoms with Gasteiger partial charge in [-0.25, -0.2) is 0 Å². The number of aliphatic hydroxyl groups is 2. The molecule has 0 rings (SSSR count). The summed E-state index contributed by atoms with van der Waals surface area (Å²) in [7, 11) is 5.00. The quantitative estimate of drug-likeness (QED) is 0.184. The molecule has 196 valence electrons. The highest BCUT2D eigenvalue weighted by molar-refractivity contribution is 5.84. The van der Waals surface area contributed by atoms with Crippen LogP contribution in [0.1, 0.15) is 104 Å². The number of carbonyl (C=O) groups is 2. The van der Waals surface area contributed by atoms with Gasteiger partial charge in [-0.1, -0.05) is 71.1 Å². The van der Waals surface area contributed by atoms with Gasteiger partial charge in [-0.15, -0.1) is 0 Å². The maximum absolute atomic E-state index is 12.8. The van der Waals surface area contributed by atoms with Crippen molar-refractivity contribution in [2.75, 3.05) is 21.1 Å². The standard InChI is InChI=1S/C26H51NO6/c1-7-8-9-10-11-12-13-14-15-16-17-26(25(32)33,23(24(30)31)27(4,5)6)22(18-20(2)28)19-21(3)29/h20-23,28-29H,7-19H2,1-6H3,(H-,30,31,32,33). The lowest BCUT2D eigenvalue weighted by molar-refractivity contribution is -0.896. The highest BCUT2D eigenvalue weighted by Gasteiger charge is 2.57. The molecule has 0 aromatic heterocycles. The van der Waals surface area contributed by atoms with E-state index in [4.69, 9.17) is 0 Å². The average molecular weight is 474 g/mol. The van der Waals surface area contributed by atoms with Crippen molar-refractivity contribution in [1.29, 1.82) is 0 Å². The minimum absolute atomic E-state index is 0.109. The third-order valence-electron chi connectivity index (χ3n) is 6.81. The van der Waals surface area contributed by atoms with Crippen LogP contribution in [0.15, 0.2) is 0 Å². The van der Waals surface area contributed by atoms with E-state index in [-0.39, 0.29) is 23.7 Å². The molecule has 7 heteroatoms. The molecule has 0 fully saturated rings. The Morgan fingerprint density at radius 3 is 1.52 bits per heavy atom. The SMILES string of the molecule is CCCCCCCCCCCCC(C(=O)O)(C(CC(C)O)CC(C)O)C(C(=O)[O-])[N+](C)(C)C. The molecule has 0 aliphatic rings. The van der Waals surface area contributed by atoms with Crippen LogP contribution in [-0.2, 0) is 9.59 Å². The first-order valence-electron chi connectivity index (χ1n) is 12.9. The number of rotatable bonds is 20. The number of unbranched alkanes of at least 4 members (excludes halogenated alkanes) is 9. The van der Waals surface area contributed by atoms with Crippen LogP contribution in [0.25, 0.3) is 0 Å². The molecular formula is C26H51NO6. The topological polar surface area (TPSA) is 118 Å². The lowest BCUT2D eigenvalue weighted by atomic mass is 9.62. The van der Waals surface area contributed by atoms with Gasteiger partial charge in [0.15, 0.2) is 0 Å². The molecule has 4 unspecified atom stereocenters. The van der Waals surface area contributed by atoms with E-state index in [1.807, 2.05) is 0 Å². The van der Waals surface area contributed by atoms with E-state index < -0.39 is 41.5 Å². The number of likely N-dealkylation sites (N-methyl/N-ethyl adjacent to an activating group) is 1. The predicted molar refractivity (Wildman–Crippen MR) is 129 cm³/mol. The van der Waals surface area contributed by atoms with E-state index in [2.05, 4.69) is 6.92 Å². The maximum Gasteiger partial charge on any atom is 0.316 e. The number of nitrogens with zero attached hydrogens (tertiary/aromatic N) is 1. The fourth-order valence-corrected chi connectivity index (χ4v) is 5.43. The molecule has 0 aromatic carbocycles. The maximum atomic E-state index is 12.8. The second-order valence-electron chi connectivity index (χ2n) is 11.0. The van der Waals surface area contributed by atoms with E-state index >= 15 is 0 Å². The Morgan fingerprint density at radius 1 is 0.818 bits per heavy atom. The van der Waals surface area contributed by atoms with E-state index in [1.54, 1.807) is 35.0 Å². The van der Waals surface area contributed by atoms with Crippen molar-refractivity contribution in [3.8, 4) is 0 Å². The van der Waals surface area contributed by atoms with Crippen molar-refractivity contribution in [3.05, 3.63) is 0 Å². The monoisotopic (exact) mass is 473 g/mol. The molecule has 0 spiro atoms. The Kier molecular flexibility index (Phi) is 15.1. The molecule has 7 nitrogen and oxygen atoms in total. The van der Waals surface area contributed by atoms with Crippen LogP contribution in [0.3, 0.4) is 0 Å². The minimum Gasteiger partial charge on any atom is -0.544 e. The number of carboxylic acids is 2. The van der Waals surface area contributed by atoms with E-state index in [0.29, 0.717) is 6.42 Å². The Morgan fingerprint density at radius 2 is 1.21 bits per heavy atom. The van der Waals surface area contributed by atoms with Gasteiger partial charge in [0.2, 0.25) is 0 Å². The third-order valence-corrected chi connectivity index (χ3v) is 6.81. The Balaban J connectivity index is 5.59. The van der Waals surface area contributed by atoms with Gasteiger partial charge in [0.1, 0.15) is 17.4 Å². The van der Waals surface area contributed by atoms with Crippen molar-refractivity contribution in [1.82, 2.24) is 0 Å². The average Bonchev–Trinajstić information content (AvgIpc) is 2.65. The smallest absolute Gasteiger partial charge is 0.316 e. The van der Waals surface area contributed by atoms with Crippen LogP contribution < -0.4 is 5.11 Å². The molecule has 0 radical (unpaired) electrons. The van der Waals surface area contributed by atoms with Crippen LogP contribution in [0.4, 0.5) is 0 Å². The van der Waals surface area contributed by atoms with Crippen molar-refractivity contribution in [2.45, 2.75) is 122 Å². The van der Waals surface area contributed by atoms with Crippen molar-refractivity contribution < 1.29 is 34.5 Å². The number of carboxylic acid groups (broad SMARTS) is 2. The first-order chi connectivity index (χ1) is 15.3. The third kappa shape index (κ3) is 11.2. The van der Waals surface area contributed by atoms with Crippen LogP contribution in [-0.4, -0.2) is 71.1 Å². The number of quaternary nitrogens is 1. The molecule has 0 amide bonds. The lowest BCUT2D eigenvalue weighted by Gasteiger charge is -2.49. The summed E-state index contributed by atoms with van der Waals surface area (Å²) in [4.78, 5) is 25.2. The largest absolute Gasteiger partial charge is 0.544 e. The Bertz CT molecular complexity index is 547. The zero-order chi connectivity index (χ0) is 25.7. The van der Waals surface area contributed by atoms with E-state index in [1.165, 1.54) is 38.5 Å².